The molecule has 0 saturated carbocycles. The Bertz CT molecular complexity index is 397. The highest BCUT2D eigenvalue weighted by atomic mass is 16.5. The molecular weight excluding hydrogens is 252 g/mol. The predicted octanol–water partition coefficient (Wildman–Crippen LogP) is 1.19. The highest BCUT2D eigenvalue weighted by molar-refractivity contribution is 5.23. The zero-order chi connectivity index (χ0) is 14.4. The average molecular weight is 278 g/mol. The molecule has 2 unspecified atom stereocenters. The van der Waals surface area contributed by atoms with Gasteiger partial charge in [-0.2, -0.15) is 0 Å². The number of likely N-dealkylation sites (tertiary alicyclic amines) is 1. The van der Waals surface area contributed by atoms with Crippen LogP contribution in [0.25, 0.3) is 0 Å². The minimum atomic E-state index is -0.962. The number of piperidine rings is 1. The fraction of sp³-hybridized carbons (Fsp3) is 0.625. The number of nitrogens with zero attached hydrogens (tertiary/aromatic N) is 1. The quantitative estimate of drug-likeness (QED) is 0.821. The zero-order valence-corrected chi connectivity index (χ0v) is 12.3. The van der Waals surface area contributed by atoms with Crippen LogP contribution in [-0.2, 0) is 10.3 Å². The molecule has 0 aliphatic carbocycles. The van der Waals surface area contributed by atoms with Crippen LogP contribution in [0.1, 0.15) is 18.4 Å². The third kappa shape index (κ3) is 3.79. The Hall–Kier alpha value is -0.940. The number of methoxy groups -OCH3 is 1. The van der Waals surface area contributed by atoms with Crippen LogP contribution in [-0.4, -0.2) is 49.9 Å². The maximum absolute atomic E-state index is 10.9. The van der Waals surface area contributed by atoms with E-state index in [1.807, 2.05) is 30.3 Å². The van der Waals surface area contributed by atoms with Crippen LogP contribution in [0, 0.1) is 5.92 Å². The fourth-order valence-electron chi connectivity index (χ4n) is 3.06. The number of nitrogens with two attached hydrogens (primary N) is 1. The summed E-state index contributed by atoms with van der Waals surface area (Å²) in [6, 6.07) is 9.74. The summed E-state index contributed by atoms with van der Waals surface area (Å²) in [7, 11) is 1.75. The van der Waals surface area contributed by atoms with Crippen molar-refractivity contribution in [2.75, 3.05) is 39.9 Å². The number of hydrogen-bond acceptors (Lipinski definition) is 4. The summed E-state index contributed by atoms with van der Waals surface area (Å²) in [4.78, 5) is 2.31. The van der Waals surface area contributed by atoms with Crippen LogP contribution in [0.4, 0.5) is 0 Å². The molecule has 1 aromatic rings. The van der Waals surface area contributed by atoms with E-state index in [1.165, 1.54) is 6.42 Å². The van der Waals surface area contributed by atoms with E-state index in [-0.39, 0.29) is 6.54 Å². The Kier molecular flexibility index (Phi) is 5.54. The number of rotatable bonds is 6. The van der Waals surface area contributed by atoms with Gasteiger partial charge in [-0.05, 0) is 30.9 Å². The number of benzene rings is 1. The standard InChI is InChI=1S/C16H26N2O2/c1-20-11-14-6-5-9-18(10-14)13-16(19,12-17)15-7-3-2-4-8-15/h2-4,7-8,14,19H,5-6,9-13,17H2,1H3. The molecule has 0 amide bonds. The summed E-state index contributed by atoms with van der Waals surface area (Å²) in [5, 5.41) is 10.9. The van der Waals surface area contributed by atoms with Gasteiger partial charge in [-0.15, -0.1) is 0 Å². The largest absolute Gasteiger partial charge is 0.384 e. The van der Waals surface area contributed by atoms with Crippen molar-refractivity contribution in [3.8, 4) is 0 Å². The lowest BCUT2D eigenvalue weighted by Gasteiger charge is -2.38. The van der Waals surface area contributed by atoms with Crippen molar-refractivity contribution in [2.45, 2.75) is 18.4 Å². The van der Waals surface area contributed by atoms with Crippen molar-refractivity contribution in [1.29, 1.82) is 0 Å². The lowest BCUT2D eigenvalue weighted by Crippen LogP contribution is -2.49. The minimum Gasteiger partial charge on any atom is -0.384 e. The predicted molar refractivity (Wildman–Crippen MR) is 80.4 cm³/mol. The SMILES string of the molecule is COCC1CCCN(CC(O)(CN)c2ccccc2)C1. The molecule has 2 atom stereocenters. The molecule has 0 radical (unpaired) electrons. The zero-order valence-electron chi connectivity index (χ0n) is 12.3. The summed E-state index contributed by atoms with van der Waals surface area (Å²) >= 11 is 0. The van der Waals surface area contributed by atoms with Gasteiger partial charge in [0.25, 0.3) is 0 Å². The van der Waals surface area contributed by atoms with E-state index in [0.29, 0.717) is 12.5 Å². The van der Waals surface area contributed by atoms with E-state index in [9.17, 15) is 5.11 Å². The van der Waals surface area contributed by atoms with Crippen molar-refractivity contribution in [1.82, 2.24) is 4.90 Å². The highest BCUT2D eigenvalue weighted by Gasteiger charge is 2.32. The molecule has 0 bridgehead atoms. The Labute approximate surface area is 121 Å². The summed E-state index contributed by atoms with van der Waals surface area (Å²) in [5.74, 6) is 0.562. The van der Waals surface area contributed by atoms with Gasteiger partial charge in [0.05, 0.1) is 6.61 Å². The molecule has 1 aliphatic rings. The first-order valence-corrected chi connectivity index (χ1v) is 7.37. The Morgan fingerprint density at radius 3 is 2.80 bits per heavy atom. The third-order valence-corrected chi connectivity index (χ3v) is 4.14. The molecule has 4 heteroatoms. The Balaban J connectivity index is 2.02. The molecule has 1 aliphatic heterocycles. The molecule has 20 heavy (non-hydrogen) atoms. The van der Waals surface area contributed by atoms with Gasteiger partial charge < -0.3 is 15.6 Å². The second-order valence-electron chi connectivity index (χ2n) is 5.80. The number of β-amino-alcohol motifs (C(OH)–C–C–N with tert-alkyl or cyclic N) is 1. The van der Waals surface area contributed by atoms with Gasteiger partial charge in [0.2, 0.25) is 0 Å². The second kappa shape index (κ2) is 7.18. The van der Waals surface area contributed by atoms with Gasteiger partial charge in [-0.25, -0.2) is 0 Å². The summed E-state index contributed by atoms with van der Waals surface area (Å²) in [5.41, 5.74) is 5.79. The van der Waals surface area contributed by atoms with Crippen LogP contribution < -0.4 is 5.73 Å². The van der Waals surface area contributed by atoms with Gasteiger partial charge in [0.15, 0.2) is 0 Å². The number of hydrogen-bond donors (Lipinski definition) is 2. The Morgan fingerprint density at radius 1 is 1.40 bits per heavy atom. The molecule has 112 valence electrons. The third-order valence-electron chi connectivity index (χ3n) is 4.14. The molecule has 1 heterocycles. The fourth-order valence-corrected chi connectivity index (χ4v) is 3.06. The van der Waals surface area contributed by atoms with Crippen LogP contribution >= 0.6 is 0 Å². The van der Waals surface area contributed by atoms with Crippen LogP contribution in [0.2, 0.25) is 0 Å². The molecule has 2 rings (SSSR count). The normalized spacial score (nSPS) is 23.4. The smallest absolute Gasteiger partial charge is 0.114 e. The first-order chi connectivity index (χ1) is 9.68. The monoisotopic (exact) mass is 278 g/mol. The van der Waals surface area contributed by atoms with Crippen molar-refractivity contribution in [3.05, 3.63) is 35.9 Å². The molecule has 1 saturated heterocycles. The van der Waals surface area contributed by atoms with E-state index in [0.717, 1.165) is 31.7 Å². The topological polar surface area (TPSA) is 58.7 Å². The Morgan fingerprint density at radius 2 is 2.15 bits per heavy atom. The van der Waals surface area contributed by atoms with Crippen LogP contribution in [0.15, 0.2) is 30.3 Å². The van der Waals surface area contributed by atoms with E-state index >= 15 is 0 Å². The molecule has 3 N–H and O–H groups in total. The molecule has 1 fully saturated rings. The van der Waals surface area contributed by atoms with E-state index in [1.54, 1.807) is 7.11 Å². The first-order valence-electron chi connectivity index (χ1n) is 7.37. The molecular formula is C16H26N2O2. The molecule has 0 spiro atoms. The summed E-state index contributed by atoms with van der Waals surface area (Å²) in [6.45, 7) is 3.62. The highest BCUT2D eigenvalue weighted by Crippen LogP contribution is 2.24. The molecule has 4 nitrogen and oxygen atoms in total. The van der Waals surface area contributed by atoms with Crippen LogP contribution in [0.3, 0.4) is 0 Å². The van der Waals surface area contributed by atoms with E-state index in [4.69, 9.17) is 10.5 Å². The van der Waals surface area contributed by atoms with Gasteiger partial charge >= 0.3 is 0 Å². The maximum Gasteiger partial charge on any atom is 0.114 e. The average Bonchev–Trinajstić information content (AvgIpc) is 2.49. The van der Waals surface area contributed by atoms with Crippen molar-refractivity contribution in [3.63, 3.8) is 0 Å². The minimum absolute atomic E-state index is 0.239. The van der Waals surface area contributed by atoms with E-state index < -0.39 is 5.60 Å². The van der Waals surface area contributed by atoms with Crippen molar-refractivity contribution >= 4 is 0 Å². The number of ether oxygens (including phenoxy) is 1. The van der Waals surface area contributed by atoms with Crippen molar-refractivity contribution < 1.29 is 9.84 Å². The van der Waals surface area contributed by atoms with Gasteiger partial charge in [0.1, 0.15) is 5.60 Å². The lowest BCUT2D eigenvalue weighted by atomic mass is 9.91. The van der Waals surface area contributed by atoms with E-state index in [2.05, 4.69) is 4.90 Å². The van der Waals surface area contributed by atoms with Crippen LogP contribution in [0.5, 0.6) is 0 Å². The maximum atomic E-state index is 10.9. The van der Waals surface area contributed by atoms with Gasteiger partial charge in [-0.3, -0.25) is 4.90 Å². The summed E-state index contributed by atoms with van der Waals surface area (Å²) in [6.07, 6.45) is 2.36. The molecule has 1 aromatic carbocycles. The van der Waals surface area contributed by atoms with Gasteiger partial charge in [-0.1, -0.05) is 30.3 Å². The second-order valence-corrected chi connectivity index (χ2v) is 5.80. The first kappa shape index (κ1) is 15.4. The molecule has 0 aromatic heterocycles. The van der Waals surface area contributed by atoms with Gasteiger partial charge in [0, 0.05) is 26.7 Å². The summed E-state index contributed by atoms with van der Waals surface area (Å²) < 4.78 is 5.26. The van der Waals surface area contributed by atoms with Crippen molar-refractivity contribution in [2.24, 2.45) is 11.7 Å². The number of aliphatic hydroxyl groups is 1. The lowest BCUT2D eigenvalue weighted by molar-refractivity contribution is -0.0113.